The van der Waals surface area contributed by atoms with E-state index >= 15 is 0 Å². The lowest BCUT2D eigenvalue weighted by Gasteiger charge is -2.18. The van der Waals surface area contributed by atoms with Crippen LogP contribution in [-0.2, 0) is 9.53 Å². The largest absolute Gasteiger partial charge is 0.508 e. The highest BCUT2D eigenvalue weighted by Crippen LogP contribution is 2.28. The number of hydrogen-bond acceptors (Lipinski definition) is 4. The lowest BCUT2D eigenvalue weighted by molar-refractivity contribution is -0.117. The van der Waals surface area contributed by atoms with Gasteiger partial charge in [0.05, 0.1) is 12.3 Å². The van der Waals surface area contributed by atoms with Gasteiger partial charge in [-0.15, -0.1) is 0 Å². The SMILES string of the molecule is COCCN(C)C(N)=N/C(=C1/CCN(C=O)C1)c1cccc(O)c1. The highest BCUT2D eigenvalue weighted by Gasteiger charge is 2.20. The molecule has 130 valence electrons. The average molecular weight is 332 g/mol. The van der Waals surface area contributed by atoms with Crippen LogP contribution in [0.25, 0.3) is 5.70 Å². The molecular weight excluding hydrogens is 308 g/mol. The van der Waals surface area contributed by atoms with Crippen LogP contribution in [0.4, 0.5) is 0 Å². The van der Waals surface area contributed by atoms with Crippen molar-refractivity contribution in [1.82, 2.24) is 9.80 Å². The summed E-state index contributed by atoms with van der Waals surface area (Å²) in [6.07, 6.45) is 1.58. The van der Waals surface area contributed by atoms with Crippen LogP contribution >= 0.6 is 0 Å². The number of nitrogens with two attached hydrogens (primary N) is 1. The summed E-state index contributed by atoms with van der Waals surface area (Å²) >= 11 is 0. The number of phenols is 1. The smallest absolute Gasteiger partial charge is 0.210 e. The van der Waals surface area contributed by atoms with E-state index in [4.69, 9.17) is 10.5 Å². The molecule has 1 aromatic rings. The Labute approximate surface area is 142 Å². The van der Waals surface area contributed by atoms with Gasteiger partial charge in [-0.25, -0.2) is 4.99 Å². The Morgan fingerprint density at radius 3 is 2.96 bits per heavy atom. The summed E-state index contributed by atoms with van der Waals surface area (Å²) in [6, 6.07) is 6.89. The van der Waals surface area contributed by atoms with Gasteiger partial charge in [0.15, 0.2) is 5.96 Å². The second-order valence-corrected chi connectivity index (χ2v) is 5.71. The lowest BCUT2D eigenvalue weighted by Crippen LogP contribution is -2.36. The number of hydrogen-bond donors (Lipinski definition) is 2. The Morgan fingerprint density at radius 2 is 2.33 bits per heavy atom. The molecule has 2 rings (SSSR count). The third kappa shape index (κ3) is 4.48. The molecule has 0 spiro atoms. The molecule has 7 nitrogen and oxygen atoms in total. The topological polar surface area (TPSA) is 91.4 Å². The maximum atomic E-state index is 11.0. The van der Waals surface area contributed by atoms with E-state index in [2.05, 4.69) is 4.99 Å². The normalized spacial score (nSPS) is 17.1. The molecule has 0 bridgehead atoms. The molecule has 1 saturated heterocycles. The van der Waals surface area contributed by atoms with Crippen molar-refractivity contribution in [2.75, 3.05) is 40.4 Å². The third-order valence-electron chi connectivity index (χ3n) is 3.95. The molecule has 0 unspecified atom stereocenters. The molecule has 1 aliphatic rings. The van der Waals surface area contributed by atoms with Gasteiger partial charge in [-0.1, -0.05) is 12.1 Å². The Kier molecular flexibility index (Phi) is 6.20. The third-order valence-corrected chi connectivity index (χ3v) is 3.95. The Balaban J connectivity index is 2.37. The van der Waals surface area contributed by atoms with Crippen LogP contribution in [0.1, 0.15) is 12.0 Å². The van der Waals surface area contributed by atoms with E-state index in [1.54, 1.807) is 35.1 Å². The number of likely N-dealkylation sites (tertiary alicyclic amines) is 1. The van der Waals surface area contributed by atoms with Crippen LogP contribution in [0.2, 0.25) is 0 Å². The van der Waals surface area contributed by atoms with Gasteiger partial charge in [0.1, 0.15) is 5.75 Å². The Hall–Kier alpha value is -2.54. The number of likely N-dealkylation sites (N-methyl/N-ethyl adjacent to an activating group) is 1. The molecule has 1 heterocycles. The van der Waals surface area contributed by atoms with Crippen molar-refractivity contribution in [2.24, 2.45) is 10.7 Å². The maximum absolute atomic E-state index is 11.0. The van der Waals surface area contributed by atoms with Crippen molar-refractivity contribution >= 4 is 18.1 Å². The van der Waals surface area contributed by atoms with Crippen molar-refractivity contribution in [3.63, 3.8) is 0 Å². The van der Waals surface area contributed by atoms with E-state index in [9.17, 15) is 9.90 Å². The summed E-state index contributed by atoms with van der Waals surface area (Å²) in [4.78, 5) is 19.1. The first-order valence-electron chi connectivity index (χ1n) is 7.80. The first kappa shape index (κ1) is 17.8. The summed E-state index contributed by atoms with van der Waals surface area (Å²) in [5.41, 5.74) is 8.62. The Bertz CT molecular complexity index is 642. The van der Waals surface area contributed by atoms with E-state index in [1.165, 1.54) is 0 Å². The van der Waals surface area contributed by atoms with Gasteiger partial charge >= 0.3 is 0 Å². The Morgan fingerprint density at radius 1 is 1.54 bits per heavy atom. The molecule has 0 radical (unpaired) electrons. The number of aromatic hydroxyl groups is 1. The molecule has 1 fully saturated rings. The second kappa shape index (κ2) is 8.35. The molecular formula is C17H24N4O3. The van der Waals surface area contributed by atoms with Crippen LogP contribution in [0.5, 0.6) is 5.75 Å². The highest BCUT2D eigenvalue weighted by atomic mass is 16.5. The molecule has 0 atom stereocenters. The molecule has 1 aromatic carbocycles. The molecule has 0 aliphatic carbocycles. The fraction of sp³-hybridized carbons (Fsp3) is 0.412. The zero-order valence-electron chi connectivity index (χ0n) is 14.1. The minimum Gasteiger partial charge on any atom is -0.508 e. The molecule has 3 N–H and O–H groups in total. The van der Waals surface area contributed by atoms with E-state index in [-0.39, 0.29) is 5.75 Å². The molecule has 1 amide bonds. The van der Waals surface area contributed by atoms with E-state index < -0.39 is 0 Å². The molecule has 1 aliphatic heterocycles. The van der Waals surface area contributed by atoms with Crippen LogP contribution in [0.3, 0.4) is 0 Å². The van der Waals surface area contributed by atoms with Crippen molar-refractivity contribution in [1.29, 1.82) is 0 Å². The van der Waals surface area contributed by atoms with Crippen molar-refractivity contribution < 1.29 is 14.6 Å². The van der Waals surface area contributed by atoms with Crippen LogP contribution in [-0.4, -0.2) is 67.7 Å². The highest BCUT2D eigenvalue weighted by molar-refractivity contribution is 5.86. The quantitative estimate of drug-likeness (QED) is 0.458. The minimum absolute atomic E-state index is 0.164. The number of phenolic OH excluding ortho intramolecular Hbond substituents is 1. The zero-order valence-corrected chi connectivity index (χ0v) is 14.1. The van der Waals surface area contributed by atoms with E-state index in [0.717, 1.165) is 24.0 Å². The lowest BCUT2D eigenvalue weighted by atomic mass is 10.1. The molecule has 7 heteroatoms. The second-order valence-electron chi connectivity index (χ2n) is 5.71. The zero-order chi connectivity index (χ0) is 17.5. The number of rotatable bonds is 6. The van der Waals surface area contributed by atoms with Gasteiger partial charge in [-0.05, 0) is 24.1 Å². The fourth-order valence-electron chi connectivity index (χ4n) is 2.51. The van der Waals surface area contributed by atoms with Gasteiger partial charge < -0.3 is 25.4 Å². The van der Waals surface area contributed by atoms with Crippen molar-refractivity contribution in [2.45, 2.75) is 6.42 Å². The van der Waals surface area contributed by atoms with Gasteiger partial charge in [-0.2, -0.15) is 0 Å². The summed E-state index contributed by atoms with van der Waals surface area (Å²) in [5, 5.41) is 9.77. The summed E-state index contributed by atoms with van der Waals surface area (Å²) < 4.78 is 5.05. The predicted molar refractivity (Wildman–Crippen MR) is 93.4 cm³/mol. The molecule has 0 saturated carbocycles. The van der Waals surface area contributed by atoms with Crippen LogP contribution < -0.4 is 5.73 Å². The van der Waals surface area contributed by atoms with Crippen LogP contribution in [0.15, 0.2) is 34.8 Å². The fourth-order valence-corrected chi connectivity index (χ4v) is 2.51. The van der Waals surface area contributed by atoms with E-state index in [1.807, 2.05) is 13.1 Å². The van der Waals surface area contributed by atoms with Gasteiger partial charge in [0.25, 0.3) is 0 Å². The first-order chi connectivity index (χ1) is 11.5. The number of aliphatic imine (C=N–C) groups is 1. The number of methoxy groups -OCH3 is 1. The maximum Gasteiger partial charge on any atom is 0.210 e. The summed E-state index contributed by atoms with van der Waals surface area (Å²) in [6.45, 7) is 2.35. The standard InChI is InChI=1S/C17H24N4O3/c1-20(8-9-24-2)17(18)19-16(13-4-3-5-15(23)10-13)14-6-7-21(11-14)12-22/h3-5,10,12,23H,6-9,11H2,1-2H3,(H2,18,19)/b16-14-. The number of benzene rings is 1. The first-order valence-corrected chi connectivity index (χ1v) is 7.80. The number of guanidine groups is 1. The average Bonchev–Trinajstić information content (AvgIpc) is 3.06. The van der Waals surface area contributed by atoms with Crippen LogP contribution in [0, 0.1) is 0 Å². The van der Waals surface area contributed by atoms with Gasteiger partial charge in [0, 0.05) is 39.4 Å². The number of ether oxygens (including phenoxy) is 1. The van der Waals surface area contributed by atoms with E-state index in [0.29, 0.717) is 37.9 Å². The van der Waals surface area contributed by atoms with Crippen molar-refractivity contribution in [3.8, 4) is 5.75 Å². The number of nitrogens with zero attached hydrogens (tertiary/aromatic N) is 3. The number of carbonyl (C=O) groups excluding carboxylic acids is 1. The van der Waals surface area contributed by atoms with Gasteiger partial charge in [-0.3, -0.25) is 4.79 Å². The monoisotopic (exact) mass is 332 g/mol. The minimum atomic E-state index is 0.164. The molecule has 24 heavy (non-hydrogen) atoms. The van der Waals surface area contributed by atoms with Crippen molar-refractivity contribution in [3.05, 3.63) is 35.4 Å². The number of amides is 1. The number of carbonyl (C=O) groups is 1. The van der Waals surface area contributed by atoms with Gasteiger partial charge in [0.2, 0.25) is 6.41 Å². The molecule has 0 aromatic heterocycles. The summed E-state index contributed by atoms with van der Waals surface area (Å²) in [5.74, 6) is 0.528. The predicted octanol–water partition coefficient (Wildman–Crippen LogP) is 0.858. The summed E-state index contributed by atoms with van der Waals surface area (Å²) in [7, 11) is 3.48.